The fraction of sp³-hybridized carbons (Fsp3) is 0.267. The molecule has 0 aliphatic heterocycles. The van der Waals surface area contributed by atoms with E-state index in [-0.39, 0.29) is 11.0 Å². The third-order valence-electron chi connectivity index (χ3n) is 2.98. The molecule has 0 bridgehead atoms. The second-order valence-corrected chi connectivity index (χ2v) is 5.13. The molecule has 0 atom stereocenters. The van der Waals surface area contributed by atoms with E-state index in [9.17, 15) is 4.79 Å². The average Bonchev–Trinajstić information content (AvgIpc) is 2.88. The third-order valence-corrected chi connectivity index (χ3v) is 3.18. The minimum absolute atomic E-state index is 0.270. The highest BCUT2D eigenvalue weighted by Crippen LogP contribution is 2.16. The number of hydrogen-bond donors (Lipinski definition) is 2. The molecule has 0 saturated heterocycles. The Morgan fingerprint density at radius 1 is 1.38 bits per heavy atom. The summed E-state index contributed by atoms with van der Waals surface area (Å²) in [4.78, 5) is 12.0. The Bertz CT molecular complexity index is 651. The number of carbonyl (C=O) groups is 1. The highest BCUT2D eigenvalue weighted by atomic mass is 32.1. The van der Waals surface area contributed by atoms with Gasteiger partial charge in [-0.25, -0.2) is 0 Å². The van der Waals surface area contributed by atoms with E-state index >= 15 is 0 Å². The van der Waals surface area contributed by atoms with Crippen LogP contribution in [0.1, 0.15) is 29.3 Å². The topological polar surface area (TPSA) is 58.9 Å². The van der Waals surface area contributed by atoms with Crippen LogP contribution in [0, 0.1) is 0 Å². The highest BCUT2D eigenvalue weighted by Gasteiger charge is 2.10. The first-order chi connectivity index (χ1) is 10.1. The molecule has 1 heterocycles. The molecule has 21 heavy (non-hydrogen) atoms. The van der Waals surface area contributed by atoms with Crippen LogP contribution in [0.25, 0.3) is 0 Å². The van der Waals surface area contributed by atoms with Crippen LogP contribution in [-0.4, -0.2) is 20.8 Å². The average molecular weight is 302 g/mol. The van der Waals surface area contributed by atoms with Crippen molar-refractivity contribution in [2.75, 3.05) is 5.32 Å². The maximum atomic E-state index is 12.0. The van der Waals surface area contributed by atoms with Crippen LogP contribution in [0.3, 0.4) is 0 Å². The van der Waals surface area contributed by atoms with E-state index in [2.05, 4.69) is 28.7 Å². The molecular weight excluding hydrogens is 284 g/mol. The van der Waals surface area contributed by atoms with Gasteiger partial charge >= 0.3 is 0 Å². The van der Waals surface area contributed by atoms with E-state index < -0.39 is 0 Å². The van der Waals surface area contributed by atoms with Gasteiger partial charge in [0.25, 0.3) is 5.91 Å². The van der Waals surface area contributed by atoms with Gasteiger partial charge in [0.2, 0.25) is 0 Å². The summed E-state index contributed by atoms with van der Waals surface area (Å²) < 4.78 is 1.57. The van der Waals surface area contributed by atoms with Crippen molar-refractivity contribution in [3.8, 4) is 0 Å². The van der Waals surface area contributed by atoms with Crippen molar-refractivity contribution < 1.29 is 4.79 Å². The zero-order valence-corrected chi connectivity index (χ0v) is 12.9. The molecule has 0 radical (unpaired) electrons. The Morgan fingerprint density at radius 2 is 2.14 bits per heavy atom. The maximum absolute atomic E-state index is 12.0. The minimum atomic E-state index is -0.270. The number of aryl methyl sites for hydroxylation is 2. The van der Waals surface area contributed by atoms with Crippen molar-refractivity contribution in [2.45, 2.75) is 19.8 Å². The summed E-state index contributed by atoms with van der Waals surface area (Å²) in [6, 6.07) is 7.94. The molecule has 110 valence electrons. The Kier molecular flexibility index (Phi) is 5.05. The van der Waals surface area contributed by atoms with Gasteiger partial charge in [0, 0.05) is 18.9 Å². The molecule has 1 amide bonds. The highest BCUT2D eigenvalue weighted by molar-refractivity contribution is 7.80. The first-order valence-electron chi connectivity index (χ1n) is 6.79. The Hall–Kier alpha value is -2.21. The van der Waals surface area contributed by atoms with Crippen LogP contribution in [0.4, 0.5) is 5.69 Å². The predicted molar refractivity (Wildman–Crippen MR) is 87.3 cm³/mol. The molecular formula is C15H18N4OS. The molecule has 2 aromatic rings. The van der Waals surface area contributed by atoms with Crippen molar-refractivity contribution in [1.29, 1.82) is 0 Å². The normalized spacial score (nSPS) is 10.2. The smallest absolute Gasteiger partial charge is 0.260 e. The third kappa shape index (κ3) is 4.13. The molecule has 0 saturated carbocycles. The van der Waals surface area contributed by atoms with Gasteiger partial charge in [-0.05, 0) is 30.3 Å². The summed E-state index contributed by atoms with van der Waals surface area (Å²) in [6.45, 7) is 2.12. The standard InChI is InChI=1S/C15H18N4OS/c1-3-6-11-7-4-5-8-13(11)17-15(21)18-14(20)12-9-16-19(2)10-12/h4-5,7-10H,3,6H2,1-2H3,(H2,17,18,20,21). The second kappa shape index (κ2) is 6.99. The number of benzene rings is 1. The van der Waals surface area contributed by atoms with Crippen molar-refractivity contribution >= 4 is 28.9 Å². The first-order valence-corrected chi connectivity index (χ1v) is 7.20. The molecule has 2 N–H and O–H groups in total. The fourth-order valence-electron chi connectivity index (χ4n) is 2.00. The van der Waals surface area contributed by atoms with Gasteiger partial charge in [-0.2, -0.15) is 5.10 Å². The number of anilines is 1. The molecule has 5 nitrogen and oxygen atoms in total. The van der Waals surface area contributed by atoms with Crippen molar-refractivity contribution in [1.82, 2.24) is 15.1 Å². The first kappa shape index (κ1) is 15.2. The van der Waals surface area contributed by atoms with E-state index in [0.29, 0.717) is 5.56 Å². The minimum Gasteiger partial charge on any atom is -0.332 e. The summed E-state index contributed by atoms with van der Waals surface area (Å²) in [5, 5.41) is 9.97. The molecule has 0 aliphatic rings. The van der Waals surface area contributed by atoms with Gasteiger partial charge in [0.15, 0.2) is 5.11 Å². The molecule has 0 spiro atoms. The van der Waals surface area contributed by atoms with E-state index in [0.717, 1.165) is 18.5 Å². The van der Waals surface area contributed by atoms with E-state index in [1.165, 1.54) is 11.8 Å². The van der Waals surface area contributed by atoms with Crippen molar-refractivity contribution in [3.05, 3.63) is 47.8 Å². The number of amides is 1. The second-order valence-electron chi connectivity index (χ2n) is 4.72. The number of rotatable bonds is 4. The number of para-hydroxylation sites is 1. The van der Waals surface area contributed by atoms with Crippen LogP contribution < -0.4 is 10.6 Å². The fourth-order valence-corrected chi connectivity index (χ4v) is 2.20. The summed E-state index contributed by atoms with van der Waals surface area (Å²) in [6.07, 6.45) is 5.15. The molecule has 0 aliphatic carbocycles. The number of carbonyl (C=O) groups excluding carboxylic acids is 1. The largest absolute Gasteiger partial charge is 0.332 e. The van der Waals surface area contributed by atoms with E-state index in [1.54, 1.807) is 17.9 Å². The number of hydrogen-bond acceptors (Lipinski definition) is 3. The monoisotopic (exact) mass is 302 g/mol. The SMILES string of the molecule is CCCc1ccccc1NC(=S)NC(=O)c1cnn(C)c1. The Morgan fingerprint density at radius 3 is 2.81 bits per heavy atom. The summed E-state index contributed by atoms with van der Waals surface area (Å²) in [7, 11) is 1.76. The Labute approximate surface area is 129 Å². The van der Waals surface area contributed by atoms with Gasteiger partial charge in [0.05, 0.1) is 11.8 Å². The van der Waals surface area contributed by atoms with Gasteiger partial charge in [-0.1, -0.05) is 31.5 Å². The summed E-state index contributed by atoms with van der Waals surface area (Å²) >= 11 is 5.19. The molecule has 0 unspecified atom stereocenters. The lowest BCUT2D eigenvalue weighted by Crippen LogP contribution is -2.34. The van der Waals surface area contributed by atoms with Crippen LogP contribution >= 0.6 is 12.2 Å². The molecule has 1 aromatic carbocycles. The molecule has 2 rings (SSSR count). The van der Waals surface area contributed by atoms with E-state index in [4.69, 9.17) is 12.2 Å². The van der Waals surface area contributed by atoms with Crippen LogP contribution in [0.5, 0.6) is 0 Å². The lowest BCUT2D eigenvalue weighted by molar-refractivity contribution is 0.0977. The van der Waals surface area contributed by atoms with Gasteiger partial charge in [0.1, 0.15) is 0 Å². The van der Waals surface area contributed by atoms with Crippen molar-refractivity contribution in [2.24, 2.45) is 7.05 Å². The van der Waals surface area contributed by atoms with Gasteiger partial charge in [-0.15, -0.1) is 0 Å². The van der Waals surface area contributed by atoms with Gasteiger partial charge in [-0.3, -0.25) is 14.8 Å². The quantitative estimate of drug-likeness (QED) is 0.852. The number of aromatic nitrogens is 2. The molecule has 0 fully saturated rings. The lowest BCUT2D eigenvalue weighted by Gasteiger charge is -2.12. The summed E-state index contributed by atoms with van der Waals surface area (Å²) in [5.41, 5.74) is 2.58. The van der Waals surface area contributed by atoms with Crippen LogP contribution in [0.15, 0.2) is 36.7 Å². The molecule has 1 aromatic heterocycles. The number of nitrogens with zero attached hydrogens (tertiary/aromatic N) is 2. The molecule has 6 heteroatoms. The van der Waals surface area contributed by atoms with Crippen LogP contribution in [-0.2, 0) is 13.5 Å². The predicted octanol–water partition coefficient (Wildman–Crippen LogP) is 2.50. The van der Waals surface area contributed by atoms with Crippen molar-refractivity contribution in [3.63, 3.8) is 0 Å². The number of thiocarbonyl (C=S) groups is 1. The maximum Gasteiger partial charge on any atom is 0.260 e. The van der Waals surface area contributed by atoms with Gasteiger partial charge < -0.3 is 5.32 Å². The summed E-state index contributed by atoms with van der Waals surface area (Å²) in [5.74, 6) is -0.270. The number of nitrogens with one attached hydrogen (secondary N) is 2. The van der Waals surface area contributed by atoms with E-state index in [1.807, 2.05) is 18.2 Å². The van der Waals surface area contributed by atoms with Crippen LogP contribution in [0.2, 0.25) is 0 Å². The zero-order chi connectivity index (χ0) is 15.2. The lowest BCUT2D eigenvalue weighted by atomic mass is 10.1. The zero-order valence-electron chi connectivity index (χ0n) is 12.1. The Balaban J connectivity index is 2.00.